The molecule has 0 bridgehead atoms. The lowest BCUT2D eigenvalue weighted by molar-refractivity contribution is -0.129. The van der Waals surface area contributed by atoms with E-state index in [-0.39, 0.29) is 12.3 Å². The molecule has 1 heterocycles. The van der Waals surface area contributed by atoms with Gasteiger partial charge < -0.3 is 10.1 Å². The highest BCUT2D eigenvalue weighted by Crippen LogP contribution is 2.25. The fourth-order valence-electron chi connectivity index (χ4n) is 2.86. The maximum atomic E-state index is 12.4. The molecular weight excluding hydrogens is 370 g/mol. The van der Waals surface area contributed by atoms with E-state index in [1.165, 1.54) is 0 Å². The molecule has 29 heavy (non-hydrogen) atoms. The van der Waals surface area contributed by atoms with Gasteiger partial charge in [0.05, 0.1) is 0 Å². The normalized spacial score (nSPS) is 10.5. The number of nitrogens with one attached hydrogen (secondary N) is 2. The highest BCUT2D eigenvalue weighted by Gasteiger charge is 2.11. The first-order valence-corrected chi connectivity index (χ1v) is 9.45. The molecule has 0 atom stereocenters. The smallest absolute Gasteiger partial charge is 0.269 e. The Balaban J connectivity index is 1.63. The van der Waals surface area contributed by atoms with E-state index in [4.69, 9.17) is 9.94 Å². The van der Waals surface area contributed by atoms with Crippen LogP contribution in [0.2, 0.25) is 0 Å². The molecule has 0 aliphatic rings. The minimum Gasteiger partial charge on any atom is -0.487 e. The number of amides is 2. The maximum Gasteiger partial charge on any atom is 0.269 e. The molecule has 0 aliphatic heterocycles. The van der Waals surface area contributed by atoms with Crippen molar-refractivity contribution in [1.82, 2.24) is 15.8 Å². The number of ether oxygens (including phenoxy) is 1. The van der Waals surface area contributed by atoms with Crippen molar-refractivity contribution in [2.75, 3.05) is 6.54 Å². The summed E-state index contributed by atoms with van der Waals surface area (Å²) in [5.41, 5.74) is 3.58. The Bertz CT molecular complexity index is 976. The van der Waals surface area contributed by atoms with Crippen molar-refractivity contribution >= 4 is 22.7 Å². The van der Waals surface area contributed by atoms with E-state index in [2.05, 4.69) is 10.3 Å². The Morgan fingerprint density at radius 2 is 1.79 bits per heavy atom. The Morgan fingerprint density at radius 1 is 0.966 bits per heavy atom. The van der Waals surface area contributed by atoms with Gasteiger partial charge in [0.25, 0.3) is 5.91 Å². The van der Waals surface area contributed by atoms with Crippen molar-refractivity contribution in [2.24, 2.45) is 0 Å². The van der Waals surface area contributed by atoms with E-state index in [9.17, 15) is 9.59 Å². The summed E-state index contributed by atoms with van der Waals surface area (Å²) in [7, 11) is 0. The van der Waals surface area contributed by atoms with Crippen LogP contribution in [0.15, 0.2) is 60.7 Å². The summed E-state index contributed by atoms with van der Waals surface area (Å²) in [6.07, 6.45) is 1.40. The van der Waals surface area contributed by atoms with E-state index in [1.807, 2.05) is 54.6 Å². The molecule has 3 N–H and O–H groups in total. The van der Waals surface area contributed by atoms with Crippen molar-refractivity contribution in [1.29, 1.82) is 0 Å². The van der Waals surface area contributed by atoms with E-state index in [1.54, 1.807) is 11.5 Å². The summed E-state index contributed by atoms with van der Waals surface area (Å²) in [5.74, 6) is -0.0945. The first-order valence-electron chi connectivity index (χ1n) is 9.45. The SMILES string of the molecule is O=C(CCCCNC(=O)c1ccc2cccc(OCc3ccccc3)c2n1)NO. The van der Waals surface area contributed by atoms with Crippen LogP contribution in [0.4, 0.5) is 0 Å². The molecule has 1 aromatic heterocycles. The first-order chi connectivity index (χ1) is 14.2. The number of nitrogens with zero attached hydrogens (tertiary/aromatic N) is 1. The molecular formula is C22H23N3O4. The van der Waals surface area contributed by atoms with Crippen LogP contribution in [0.1, 0.15) is 35.3 Å². The number of para-hydroxylation sites is 1. The predicted octanol–water partition coefficient (Wildman–Crippen LogP) is 3.22. The van der Waals surface area contributed by atoms with Gasteiger partial charge in [0.15, 0.2) is 0 Å². The fraction of sp³-hybridized carbons (Fsp3) is 0.227. The van der Waals surface area contributed by atoms with Crippen LogP contribution in [-0.4, -0.2) is 28.6 Å². The van der Waals surface area contributed by atoms with Crippen molar-refractivity contribution in [3.05, 3.63) is 71.9 Å². The Morgan fingerprint density at radius 3 is 2.59 bits per heavy atom. The lowest BCUT2D eigenvalue weighted by Crippen LogP contribution is -2.26. The second-order valence-electron chi connectivity index (χ2n) is 6.55. The Kier molecular flexibility index (Phi) is 7.13. The van der Waals surface area contributed by atoms with Gasteiger partial charge in [-0.1, -0.05) is 48.5 Å². The van der Waals surface area contributed by atoms with Gasteiger partial charge in [-0.3, -0.25) is 14.8 Å². The summed E-state index contributed by atoms with van der Waals surface area (Å²) in [5, 5.41) is 12.1. The summed E-state index contributed by atoms with van der Waals surface area (Å²) in [6.45, 7) is 0.836. The van der Waals surface area contributed by atoms with Gasteiger partial charge in [-0.2, -0.15) is 0 Å². The Labute approximate surface area is 168 Å². The molecule has 0 saturated heterocycles. The minimum atomic E-state index is -0.435. The quantitative estimate of drug-likeness (QED) is 0.294. The van der Waals surface area contributed by atoms with Crippen molar-refractivity contribution in [3.63, 3.8) is 0 Å². The largest absolute Gasteiger partial charge is 0.487 e. The number of benzene rings is 2. The number of aromatic nitrogens is 1. The van der Waals surface area contributed by atoms with Crippen LogP contribution in [0.25, 0.3) is 10.9 Å². The average Bonchev–Trinajstić information content (AvgIpc) is 2.77. The van der Waals surface area contributed by atoms with Crippen LogP contribution in [-0.2, 0) is 11.4 Å². The average molecular weight is 393 g/mol. The topological polar surface area (TPSA) is 101 Å². The third-order valence-electron chi connectivity index (χ3n) is 4.39. The standard InChI is InChI=1S/C22H23N3O4/c26-20(25-28)11-4-5-14-23-22(27)18-13-12-17-9-6-10-19(21(17)24-18)29-15-16-7-2-1-3-8-16/h1-3,6-10,12-13,28H,4-5,11,14-15H2,(H,23,27)(H,25,26). The molecule has 7 heteroatoms. The number of pyridine rings is 1. The lowest BCUT2D eigenvalue weighted by Gasteiger charge is -2.10. The first kappa shape index (κ1) is 20.3. The van der Waals surface area contributed by atoms with Gasteiger partial charge in [0.1, 0.15) is 23.6 Å². The predicted molar refractivity (Wildman–Crippen MR) is 109 cm³/mol. The highest BCUT2D eigenvalue weighted by molar-refractivity contribution is 5.95. The number of carbonyl (C=O) groups excluding carboxylic acids is 2. The number of unbranched alkanes of at least 4 members (excludes halogenated alkanes) is 1. The zero-order chi connectivity index (χ0) is 20.5. The number of hydroxylamine groups is 1. The zero-order valence-electron chi connectivity index (χ0n) is 15.9. The third kappa shape index (κ3) is 5.76. The zero-order valence-corrected chi connectivity index (χ0v) is 15.9. The second-order valence-corrected chi connectivity index (χ2v) is 6.55. The molecule has 7 nitrogen and oxygen atoms in total. The van der Waals surface area contributed by atoms with Crippen LogP contribution in [0.3, 0.4) is 0 Å². The lowest BCUT2D eigenvalue weighted by atomic mass is 10.1. The second kappa shape index (κ2) is 10.2. The van der Waals surface area contributed by atoms with Gasteiger partial charge in [-0.25, -0.2) is 10.5 Å². The summed E-state index contributed by atoms with van der Waals surface area (Å²) >= 11 is 0. The number of carbonyl (C=O) groups is 2. The molecule has 0 spiro atoms. The Hall–Kier alpha value is -3.45. The van der Waals surface area contributed by atoms with Gasteiger partial charge >= 0.3 is 0 Å². The van der Waals surface area contributed by atoms with Gasteiger partial charge in [0, 0.05) is 18.4 Å². The molecule has 3 aromatic rings. The van der Waals surface area contributed by atoms with Crippen molar-refractivity contribution in [3.8, 4) is 5.75 Å². The van der Waals surface area contributed by atoms with Crippen molar-refractivity contribution in [2.45, 2.75) is 25.9 Å². The van der Waals surface area contributed by atoms with Gasteiger partial charge in [-0.05, 0) is 30.5 Å². The van der Waals surface area contributed by atoms with Gasteiger partial charge in [-0.15, -0.1) is 0 Å². The minimum absolute atomic E-state index is 0.211. The molecule has 0 unspecified atom stereocenters. The number of hydrogen-bond donors (Lipinski definition) is 3. The molecule has 3 rings (SSSR count). The molecule has 2 amide bonds. The van der Waals surface area contributed by atoms with E-state index in [0.717, 1.165) is 10.9 Å². The number of hydrogen-bond acceptors (Lipinski definition) is 5. The number of fused-ring (bicyclic) bond motifs is 1. The fourth-order valence-corrected chi connectivity index (χ4v) is 2.86. The molecule has 150 valence electrons. The molecule has 0 aliphatic carbocycles. The van der Waals surface area contributed by atoms with Crippen molar-refractivity contribution < 1.29 is 19.5 Å². The summed E-state index contributed by atoms with van der Waals surface area (Å²) in [6, 6.07) is 19.0. The summed E-state index contributed by atoms with van der Waals surface area (Å²) in [4.78, 5) is 27.9. The molecule has 2 aromatic carbocycles. The van der Waals surface area contributed by atoms with Crippen LogP contribution in [0, 0.1) is 0 Å². The third-order valence-corrected chi connectivity index (χ3v) is 4.39. The van der Waals surface area contributed by atoms with Crippen LogP contribution in [0.5, 0.6) is 5.75 Å². The van der Waals surface area contributed by atoms with Gasteiger partial charge in [0.2, 0.25) is 5.91 Å². The monoisotopic (exact) mass is 393 g/mol. The maximum absolute atomic E-state index is 12.4. The van der Waals surface area contributed by atoms with Crippen LogP contribution >= 0.6 is 0 Å². The molecule has 0 fully saturated rings. The van der Waals surface area contributed by atoms with E-state index < -0.39 is 5.91 Å². The van der Waals surface area contributed by atoms with Crippen LogP contribution < -0.4 is 15.5 Å². The molecule has 0 radical (unpaired) electrons. The molecule has 0 saturated carbocycles. The number of rotatable bonds is 9. The van der Waals surface area contributed by atoms with E-state index >= 15 is 0 Å². The highest BCUT2D eigenvalue weighted by atomic mass is 16.5. The van der Waals surface area contributed by atoms with E-state index in [0.29, 0.717) is 43.0 Å². The summed E-state index contributed by atoms with van der Waals surface area (Å²) < 4.78 is 5.93.